The van der Waals surface area contributed by atoms with Crippen LogP contribution < -0.4 is 10.5 Å². The van der Waals surface area contributed by atoms with Crippen molar-refractivity contribution in [3.05, 3.63) is 50.8 Å². The number of hydrogen-bond acceptors (Lipinski definition) is 4. The van der Waals surface area contributed by atoms with Crippen LogP contribution in [0.15, 0.2) is 48.8 Å². The number of hydrogen-bond donors (Lipinski definition) is 2. The fraction of sp³-hybridized carbons (Fsp3) is 0.167. The Morgan fingerprint density at radius 2 is 2.00 bits per heavy atom. The van der Waals surface area contributed by atoms with Crippen molar-refractivity contribution in [1.29, 1.82) is 0 Å². The Morgan fingerprint density at radius 1 is 1.25 bits per heavy atom. The van der Waals surface area contributed by atoms with Crippen molar-refractivity contribution >= 4 is 41.9 Å². The summed E-state index contributed by atoms with van der Waals surface area (Å²) in [5.74, 6) is 0.403. The molecule has 20 heavy (non-hydrogen) atoms. The van der Waals surface area contributed by atoms with E-state index in [2.05, 4.69) is 36.6 Å². The van der Waals surface area contributed by atoms with Crippen molar-refractivity contribution in [2.45, 2.75) is 18.0 Å². The van der Waals surface area contributed by atoms with E-state index >= 15 is 0 Å². The average Bonchev–Trinajstić information content (AvgIpc) is 2.79. The highest BCUT2D eigenvalue weighted by Crippen LogP contribution is 2.26. The molecule has 0 atom stereocenters. The third-order valence-electron chi connectivity index (χ3n) is 2.55. The van der Waals surface area contributed by atoms with E-state index in [0.717, 1.165) is 10.0 Å². The Morgan fingerprint density at radius 3 is 2.60 bits per heavy atom. The van der Waals surface area contributed by atoms with Gasteiger partial charge in [0.25, 0.3) is 0 Å². The zero-order valence-electron chi connectivity index (χ0n) is 10.3. The van der Waals surface area contributed by atoms with Gasteiger partial charge in [-0.2, -0.15) is 0 Å². The zero-order valence-corrected chi connectivity index (χ0v) is 14.3. The highest BCUT2D eigenvalue weighted by molar-refractivity contribution is 9.10. The summed E-state index contributed by atoms with van der Waals surface area (Å²) in [6.45, 7) is 0.330. The molecule has 0 aliphatic rings. The summed E-state index contributed by atoms with van der Waals surface area (Å²) in [6, 6.07) is 8.81. The summed E-state index contributed by atoms with van der Waals surface area (Å²) in [7, 11) is -3.65. The molecule has 2 aromatic rings. The summed E-state index contributed by atoms with van der Waals surface area (Å²) < 4.78 is 33.1. The molecule has 0 fully saturated rings. The molecule has 0 saturated carbocycles. The van der Waals surface area contributed by atoms with Gasteiger partial charge in [-0.25, -0.2) is 13.1 Å². The minimum atomic E-state index is -3.65. The maximum Gasteiger partial charge on any atom is 0.245 e. The molecule has 2 rings (SSSR count). The minimum Gasteiger partial charge on any atom is -0.452 e. The molecule has 0 unspecified atom stereocenters. The molecular weight excluding hydrogens is 412 g/mol. The first kappa shape index (κ1) is 15.7. The van der Waals surface area contributed by atoms with Gasteiger partial charge in [-0.15, -0.1) is 0 Å². The van der Waals surface area contributed by atoms with Crippen molar-refractivity contribution in [2.75, 3.05) is 0 Å². The van der Waals surface area contributed by atoms with Gasteiger partial charge in [0.2, 0.25) is 10.0 Å². The van der Waals surface area contributed by atoms with E-state index in [1.54, 1.807) is 0 Å². The van der Waals surface area contributed by atoms with Crippen LogP contribution in [-0.4, -0.2) is 8.42 Å². The summed E-state index contributed by atoms with van der Waals surface area (Å²) in [6.07, 6.45) is 0. The number of nitrogens with two attached hydrogens (primary N) is 1. The lowest BCUT2D eigenvalue weighted by Crippen LogP contribution is -2.23. The molecule has 0 amide bonds. The average molecular weight is 424 g/mol. The molecule has 0 saturated heterocycles. The van der Waals surface area contributed by atoms with E-state index < -0.39 is 10.0 Å². The van der Waals surface area contributed by atoms with Crippen molar-refractivity contribution in [2.24, 2.45) is 5.73 Å². The SMILES string of the molecule is NCc1cc(S(=O)(=O)NCc2cccc(Br)c2)c(Br)o1. The minimum absolute atomic E-state index is 0.0490. The van der Waals surface area contributed by atoms with E-state index in [1.807, 2.05) is 24.3 Å². The maximum absolute atomic E-state index is 12.2. The molecule has 0 aliphatic heterocycles. The third-order valence-corrected chi connectivity index (χ3v) is 5.30. The first-order chi connectivity index (χ1) is 9.42. The van der Waals surface area contributed by atoms with Gasteiger partial charge in [-0.1, -0.05) is 28.1 Å². The Labute approximate surface area is 133 Å². The number of benzene rings is 1. The molecule has 0 radical (unpaired) electrons. The van der Waals surface area contributed by atoms with Crippen molar-refractivity contribution in [3.8, 4) is 0 Å². The third kappa shape index (κ3) is 3.70. The molecule has 1 aromatic heterocycles. The van der Waals surface area contributed by atoms with Crippen LogP contribution in [0.3, 0.4) is 0 Å². The monoisotopic (exact) mass is 422 g/mol. The fourth-order valence-corrected chi connectivity index (χ4v) is 4.04. The molecule has 0 aliphatic carbocycles. The summed E-state index contributed by atoms with van der Waals surface area (Å²) in [5, 5.41) is 0. The first-order valence-electron chi connectivity index (χ1n) is 5.65. The van der Waals surface area contributed by atoms with Crippen LogP contribution >= 0.6 is 31.9 Å². The highest BCUT2D eigenvalue weighted by atomic mass is 79.9. The van der Waals surface area contributed by atoms with E-state index in [-0.39, 0.29) is 22.7 Å². The van der Waals surface area contributed by atoms with Gasteiger partial charge >= 0.3 is 0 Å². The van der Waals surface area contributed by atoms with Crippen molar-refractivity contribution in [1.82, 2.24) is 4.72 Å². The predicted molar refractivity (Wildman–Crippen MR) is 82.5 cm³/mol. The predicted octanol–water partition coefficient (Wildman–Crippen LogP) is 2.74. The van der Waals surface area contributed by atoms with Crippen LogP contribution in [0.4, 0.5) is 0 Å². The smallest absolute Gasteiger partial charge is 0.245 e. The molecule has 1 aromatic carbocycles. The number of sulfonamides is 1. The fourth-order valence-electron chi connectivity index (χ4n) is 1.58. The lowest BCUT2D eigenvalue weighted by Gasteiger charge is -2.05. The normalized spacial score (nSPS) is 11.8. The van der Waals surface area contributed by atoms with Crippen LogP contribution in [0.2, 0.25) is 0 Å². The van der Waals surface area contributed by atoms with Gasteiger partial charge in [0.15, 0.2) is 4.67 Å². The number of nitrogens with one attached hydrogen (secondary N) is 1. The maximum atomic E-state index is 12.2. The van der Waals surface area contributed by atoms with E-state index in [4.69, 9.17) is 10.2 Å². The second-order valence-corrected chi connectivity index (χ2v) is 7.38. The topological polar surface area (TPSA) is 85.3 Å². The summed E-state index contributed by atoms with van der Waals surface area (Å²) in [4.78, 5) is 0.0490. The molecule has 108 valence electrons. The largest absolute Gasteiger partial charge is 0.452 e. The standard InChI is InChI=1S/C12H12Br2N2O3S/c13-9-3-1-2-8(4-9)7-16-20(17,18)11-5-10(6-15)19-12(11)14/h1-5,16H,6-7,15H2. The van der Waals surface area contributed by atoms with Crippen molar-refractivity contribution in [3.63, 3.8) is 0 Å². The second kappa shape index (κ2) is 6.40. The Hall–Kier alpha value is -0.670. The molecule has 0 bridgehead atoms. The van der Waals surface area contributed by atoms with Gasteiger partial charge in [0.05, 0.1) is 6.54 Å². The van der Waals surface area contributed by atoms with Crippen LogP contribution in [0, 0.1) is 0 Å². The van der Waals surface area contributed by atoms with E-state index in [0.29, 0.717) is 5.76 Å². The van der Waals surface area contributed by atoms with Gasteiger partial charge in [-0.3, -0.25) is 0 Å². The lowest BCUT2D eigenvalue weighted by atomic mass is 10.2. The molecular formula is C12H12Br2N2O3S. The summed E-state index contributed by atoms with van der Waals surface area (Å²) in [5.41, 5.74) is 6.27. The van der Waals surface area contributed by atoms with Gasteiger partial charge in [0.1, 0.15) is 10.7 Å². The Kier molecular flexibility index (Phi) is 5.03. The van der Waals surface area contributed by atoms with Crippen LogP contribution in [0.25, 0.3) is 0 Å². The molecule has 0 spiro atoms. The van der Waals surface area contributed by atoms with Crippen molar-refractivity contribution < 1.29 is 12.8 Å². The van der Waals surface area contributed by atoms with Gasteiger partial charge in [-0.05, 0) is 33.6 Å². The Balaban J connectivity index is 2.17. The van der Waals surface area contributed by atoms with Gasteiger partial charge < -0.3 is 10.2 Å². The molecule has 3 N–H and O–H groups in total. The number of furan rings is 1. The Bertz CT molecular complexity index is 713. The van der Waals surface area contributed by atoms with Crippen LogP contribution in [-0.2, 0) is 23.1 Å². The van der Waals surface area contributed by atoms with E-state index in [9.17, 15) is 8.42 Å². The molecule has 5 nitrogen and oxygen atoms in total. The van der Waals surface area contributed by atoms with Crippen LogP contribution in [0.1, 0.15) is 11.3 Å². The molecule has 1 heterocycles. The van der Waals surface area contributed by atoms with Crippen LogP contribution in [0.5, 0.6) is 0 Å². The van der Waals surface area contributed by atoms with E-state index in [1.165, 1.54) is 6.07 Å². The second-order valence-electron chi connectivity index (χ2n) is 4.01. The zero-order chi connectivity index (χ0) is 14.8. The first-order valence-corrected chi connectivity index (χ1v) is 8.71. The number of halogens is 2. The molecule has 8 heteroatoms. The van der Waals surface area contributed by atoms with Gasteiger partial charge in [0, 0.05) is 17.1 Å². The highest BCUT2D eigenvalue weighted by Gasteiger charge is 2.21. The quantitative estimate of drug-likeness (QED) is 0.774. The summed E-state index contributed by atoms with van der Waals surface area (Å²) >= 11 is 6.42. The lowest BCUT2D eigenvalue weighted by molar-refractivity contribution is 0.483. The number of rotatable bonds is 5.